The van der Waals surface area contributed by atoms with Crippen LogP contribution >= 0.6 is 0 Å². The molecule has 0 N–H and O–H groups in total. The number of hydrogen-bond acceptors (Lipinski definition) is 1. The quantitative estimate of drug-likeness (QED) is 0.0593. The molecule has 0 radical (unpaired) electrons. The Morgan fingerprint density at radius 3 is 1.07 bits per heavy atom. The highest BCUT2D eigenvalue weighted by atomic mass is 15.1. The van der Waals surface area contributed by atoms with Gasteiger partial charge in [-0.15, -0.1) is 0 Å². The van der Waals surface area contributed by atoms with Crippen molar-refractivity contribution in [2.24, 2.45) is 7.05 Å². The molecule has 0 amide bonds. The SMILES string of the molecule is CCCCCCCCCCCCCCCN(CCCCCCCCCCCCCCC)c1ccc(C=Cc2cc[n+](C)cc2)cc1. The van der Waals surface area contributed by atoms with Gasteiger partial charge in [-0.25, -0.2) is 4.57 Å². The summed E-state index contributed by atoms with van der Waals surface area (Å²) in [4.78, 5) is 2.68. The third kappa shape index (κ3) is 21.7. The summed E-state index contributed by atoms with van der Waals surface area (Å²) in [7, 11) is 2.06. The summed E-state index contributed by atoms with van der Waals surface area (Å²) in [5.74, 6) is 0. The van der Waals surface area contributed by atoms with Crippen molar-refractivity contribution in [1.82, 2.24) is 0 Å². The minimum atomic E-state index is 1.20. The Morgan fingerprint density at radius 2 is 0.717 bits per heavy atom. The average Bonchev–Trinajstić information content (AvgIpc) is 3.08. The zero-order valence-corrected chi connectivity index (χ0v) is 31.0. The molecule has 0 unspecified atom stereocenters. The number of nitrogens with zero attached hydrogens (tertiary/aromatic N) is 2. The highest BCUT2D eigenvalue weighted by Gasteiger charge is 2.07. The molecule has 0 atom stereocenters. The molecule has 0 aliphatic carbocycles. The predicted molar refractivity (Wildman–Crippen MR) is 207 cm³/mol. The van der Waals surface area contributed by atoms with Crippen molar-refractivity contribution in [2.75, 3.05) is 18.0 Å². The Bertz CT molecular complexity index is 915. The molecule has 46 heavy (non-hydrogen) atoms. The number of pyridine rings is 1. The fourth-order valence-electron chi connectivity index (χ4n) is 6.62. The molecule has 1 aromatic carbocycles. The normalized spacial score (nSPS) is 11.5. The van der Waals surface area contributed by atoms with Gasteiger partial charge in [-0.1, -0.05) is 192 Å². The van der Waals surface area contributed by atoms with Crippen molar-refractivity contribution in [2.45, 2.75) is 181 Å². The van der Waals surface area contributed by atoms with E-state index in [1.165, 1.54) is 197 Å². The average molecular weight is 632 g/mol. The van der Waals surface area contributed by atoms with Gasteiger partial charge in [0, 0.05) is 30.9 Å². The van der Waals surface area contributed by atoms with Gasteiger partial charge in [0.2, 0.25) is 0 Å². The number of unbranched alkanes of at least 4 members (excludes halogenated alkanes) is 24. The third-order valence-corrected chi connectivity index (χ3v) is 9.79. The molecule has 0 aliphatic heterocycles. The lowest BCUT2D eigenvalue weighted by atomic mass is 10.0. The van der Waals surface area contributed by atoms with Gasteiger partial charge in [0.25, 0.3) is 0 Å². The maximum Gasteiger partial charge on any atom is 0.169 e. The standard InChI is InChI=1S/C44H75N2/c1-4-6-8-10-12-14-16-18-20-22-24-26-28-38-46(39-29-27-25-23-21-19-17-15-13-11-9-7-5-2)44-34-32-42(33-35-44)30-31-43-36-40-45(3)41-37-43/h30-37,40-41H,4-29,38-39H2,1-3H3/q+1. The maximum atomic E-state index is 2.68. The fraction of sp³-hybridized carbons (Fsp3) is 0.705. The van der Waals surface area contributed by atoms with E-state index in [4.69, 9.17) is 0 Å². The van der Waals surface area contributed by atoms with E-state index in [0.29, 0.717) is 0 Å². The zero-order chi connectivity index (χ0) is 32.8. The van der Waals surface area contributed by atoms with Crippen molar-refractivity contribution in [1.29, 1.82) is 0 Å². The second-order valence-corrected chi connectivity index (χ2v) is 14.2. The van der Waals surface area contributed by atoms with Gasteiger partial charge in [0.05, 0.1) is 0 Å². The van der Waals surface area contributed by atoms with E-state index in [0.717, 1.165) is 0 Å². The molecule has 2 rings (SSSR count). The lowest BCUT2D eigenvalue weighted by Crippen LogP contribution is -2.25. The Morgan fingerprint density at radius 1 is 0.413 bits per heavy atom. The molecular weight excluding hydrogens is 556 g/mol. The van der Waals surface area contributed by atoms with Crippen LogP contribution in [-0.4, -0.2) is 13.1 Å². The minimum Gasteiger partial charge on any atom is -0.372 e. The third-order valence-electron chi connectivity index (χ3n) is 9.79. The highest BCUT2D eigenvalue weighted by Crippen LogP contribution is 2.20. The minimum absolute atomic E-state index is 1.20. The summed E-state index contributed by atoms with van der Waals surface area (Å²) in [6.45, 7) is 7.01. The Balaban J connectivity index is 1.68. The summed E-state index contributed by atoms with van der Waals surface area (Å²) < 4.78 is 2.08. The lowest BCUT2D eigenvalue weighted by Gasteiger charge is -2.25. The lowest BCUT2D eigenvalue weighted by molar-refractivity contribution is -0.671. The number of aryl methyl sites for hydroxylation is 1. The first-order chi connectivity index (χ1) is 22.7. The van der Waals surface area contributed by atoms with Crippen LogP contribution < -0.4 is 9.47 Å². The molecular formula is C44H75N2+. The Hall–Kier alpha value is -2.09. The van der Waals surface area contributed by atoms with E-state index in [1.807, 2.05) is 0 Å². The van der Waals surface area contributed by atoms with E-state index in [2.05, 4.69) is 91.3 Å². The van der Waals surface area contributed by atoms with E-state index in [1.54, 1.807) is 0 Å². The molecule has 2 heteroatoms. The van der Waals surface area contributed by atoms with Crippen molar-refractivity contribution in [3.63, 3.8) is 0 Å². The van der Waals surface area contributed by atoms with E-state index < -0.39 is 0 Å². The van der Waals surface area contributed by atoms with E-state index >= 15 is 0 Å². The first kappa shape index (κ1) is 40.1. The Kier molecular flexibility index (Phi) is 25.3. The molecule has 0 bridgehead atoms. The van der Waals surface area contributed by atoms with Gasteiger partial charge < -0.3 is 4.90 Å². The van der Waals surface area contributed by atoms with Gasteiger partial charge in [0.1, 0.15) is 7.05 Å². The van der Waals surface area contributed by atoms with Crippen LogP contribution in [0.4, 0.5) is 5.69 Å². The van der Waals surface area contributed by atoms with Crippen molar-refractivity contribution >= 4 is 17.8 Å². The number of rotatable bonds is 31. The predicted octanol–water partition coefficient (Wildman–Crippen LogP) is 13.7. The van der Waals surface area contributed by atoms with Gasteiger partial charge in [-0.3, -0.25) is 0 Å². The van der Waals surface area contributed by atoms with Crippen LogP contribution in [0, 0.1) is 0 Å². The molecule has 0 aliphatic rings. The van der Waals surface area contributed by atoms with Crippen molar-refractivity contribution < 1.29 is 4.57 Å². The van der Waals surface area contributed by atoms with Crippen molar-refractivity contribution in [3.8, 4) is 0 Å². The molecule has 1 aromatic heterocycles. The van der Waals surface area contributed by atoms with E-state index in [-0.39, 0.29) is 0 Å². The van der Waals surface area contributed by atoms with Gasteiger partial charge >= 0.3 is 0 Å². The van der Waals surface area contributed by atoms with Gasteiger partial charge in [-0.2, -0.15) is 0 Å². The van der Waals surface area contributed by atoms with Crippen LogP contribution in [0.5, 0.6) is 0 Å². The summed E-state index contributed by atoms with van der Waals surface area (Å²) >= 11 is 0. The number of hydrogen-bond donors (Lipinski definition) is 0. The molecule has 2 aromatic rings. The molecule has 0 spiro atoms. The maximum absolute atomic E-state index is 2.68. The number of aromatic nitrogens is 1. The second-order valence-electron chi connectivity index (χ2n) is 14.2. The zero-order valence-electron chi connectivity index (χ0n) is 31.0. The van der Waals surface area contributed by atoms with Crippen LogP contribution in [0.3, 0.4) is 0 Å². The van der Waals surface area contributed by atoms with Gasteiger partial charge in [0.15, 0.2) is 12.4 Å². The summed E-state index contributed by atoms with van der Waals surface area (Å²) in [6, 6.07) is 13.6. The molecule has 1 heterocycles. The molecule has 2 nitrogen and oxygen atoms in total. The summed E-state index contributed by atoms with van der Waals surface area (Å²) in [5.41, 5.74) is 3.93. The fourth-order valence-corrected chi connectivity index (χ4v) is 6.62. The smallest absolute Gasteiger partial charge is 0.169 e. The first-order valence-corrected chi connectivity index (χ1v) is 20.2. The topological polar surface area (TPSA) is 7.12 Å². The van der Waals surface area contributed by atoms with Crippen LogP contribution in [0.2, 0.25) is 0 Å². The first-order valence-electron chi connectivity index (χ1n) is 20.2. The summed E-state index contributed by atoms with van der Waals surface area (Å²) in [5, 5.41) is 0. The molecule has 260 valence electrons. The van der Waals surface area contributed by atoms with Crippen molar-refractivity contribution in [3.05, 3.63) is 59.9 Å². The summed E-state index contributed by atoms with van der Waals surface area (Å²) in [6.07, 6.45) is 45.6. The second kappa shape index (κ2) is 29.1. The molecule has 0 fully saturated rings. The van der Waals surface area contributed by atoms with Crippen LogP contribution in [0.25, 0.3) is 12.2 Å². The van der Waals surface area contributed by atoms with Gasteiger partial charge in [-0.05, 0) is 36.1 Å². The van der Waals surface area contributed by atoms with E-state index in [9.17, 15) is 0 Å². The van der Waals surface area contributed by atoms with Crippen LogP contribution in [-0.2, 0) is 7.05 Å². The van der Waals surface area contributed by atoms with Crippen LogP contribution in [0.15, 0.2) is 48.8 Å². The largest absolute Gasteiger partial charge is 0.372 e. The highest BCUT2D eigenvalue weighted by molar-refractivity contribution is 5.70. The van der Waals surface area contributed by atoms with Crippen LogP contribution in [0.1, 0.15) is 192 Å². The number of anilines is 1. The monoisotopic (exact) mass is 632 g/mol. The molecule has 0 saturated carbocycles. The number of benzene rings is 1. The Labute approximate surface area is 287 Å². The molecule has 0 saturated heterocycles.